The van der Waals surface area contributed by atoms with E-state index in [1.807, 2.05) is 6.20 Å². The summed E-state index contributed by atoms with van der Waals surface area (Å²) in [6, 6.07) is 0.611. The van der Waals surface area contributed by atoms with E-state index in [1.165, 1.54) is 58.0 Å². The molecule has 106 valence electrons. The van der Waals surface area contributed by atoms with Crippen molar-refractivity contribution in [2.75, 3.05) is 26.2 Å². The molecule has 4 nitrogen and oxygen atoms in total. The van der Waals surface area contributed by atoms with Crippen LogP contribution in [-0.4, -0.2) is 40.9 Å². The summed E-state index contributed by atoms with van der Waals surface area (Å²) in [5.41, 5.74) is 0. The summed E-state index contributed by atoms with van der Waals surface area (Å²) >= 11 is 0. The van der Waals surface area contributed by atoms with E-state index in [4.69, 9.17) is 4.74 Å². The summed E-state index contributed by atoms with van der Waals surface area (Å²) in [5, 5.41) is 4.44. The van der Waals surface area contributed by atoms with Gasteiger partial charge in [-0.15, -0.1) is 0 Å². The number of likely N-dealkylation sites (tertiary alicyclic amines) is 1. The van der Waals surface area contributed by atoms with Gasteiger partial charge in [0, 0.05) is 6.54 Å². The Balaban J connectivity index is 1.42. The number of rotatable bonds is 5. The van der Waals surface area contributed by atoms with Crippen LogP contribution in [0.5, 0.6) is 5.75 Å². The van der Waals surface area contributed by atoms with Crippen LogP contribution in [-0.2, 0) is 0 Å². The van der Waals surface area contributed by atoms with Gasteiger partial charge in [0.05, 0.1) is 18.4 Å². The first-order valence-electron chi connectivity index (χ1n) is 7.81. The number of aromatic nitrogens is 2. The number of hydrogen-bond donors (Lipinski definition) is 0. The van der Waals surface area contributed by atoms with Gasteiger partial charge in [0.1, 0.15) is 6.61 Å². The fourth-order valence-corrected chi connectivity index (χ4v) is 3.24. The molecule has 1 saturated heterocycles. The number of hydrogen-bond acceptors (Lipinski definition) is 3. The topological polar surface area (TPSA) is 30.3 Å². The van der Waals surface area contributed by atoms with E-state index in [-0.39, 0.29) is 0 Å². The minimum atomic E-state index is 0.611. The fourth-order valence-electron chi connectivity index (χ4n) is 3.24. The van der Waals surface area contributed by atoms with E-state index in [1.54, 1.807) is 0 Å². The zero-order chi connectivity index (χ0) is 12.9. The van der Waals surface area contributed by atoms with Crippen molar-refractivity contribution in [3.8, 4) is 5.75 Å². The smallest absolute Gasteiger partial charge is 0.157 e. The van der Waals surface area contributed by atoms with Gasteiger partial charge in [0.2, 0.25) is 0 Å². The van der Waals surface area contributed by atoms with E-state index in [0.29, 0.717) is 6.04 Å². The molecule has 0 aromatic carbocycles. The molecule has 0 amide bonds. The van der Waals surface area contributed by atoms with Crippen molar-refractivity contribution in [1.82, 2.24) is 14.7 Å². The van der Waals surface area contributed by atoms with Crippen molar-refractivity contribution >= 4 is 0 Å². The van der Waals surface area contributed by atoms with Gasteiger partial charge >= 0.3 is 0 Å². The summed E-state index contributed by atoms with van der Waals surface area (Å²) < 4.78 is 7.92. The van der Waals surface area contributed by atoms with Gasteiger partial charge in [-0.2, -0.15) is 5.10 Å². The molecule has 0 spiro atoms. The first-order chi connectivity index (χ1) is 9.42. The fraction of sp³-hybridized carbons (Fsp3) is 0.800. The zero-order valence-electron chi connectivity index (χ0n) is 11.8. The lowest BCUT2D eigenvalue weighted by Gasteiger charge is -2.25. The quantitative estimate of drug-likeness (QED) is 0.818. The molecule has 3 rings (SSSR count). The third-order valence-corrected chi connectivity index (χ3v) is 4.40. The Morgan fingerprint density at radius 2 is 1.89 bits per heavy atom. The van der Waals surface area contributed by atoms with Crippen LogP contribution in [0.2, 0.25) is 0 Å². The Bertz CT molecular complexity index is 378. The lowest BCUT2D eigenvalue weighted by molar-refractivity contribution is 0.183. The second-order valence-corrected chi connectivity index (χ2v) is 5.85. The van der Waals surface area contributed by atoms with Crippen LogP contribution >= 0.6 is 0 Å². The third kappa shape index (κ3) is 3.50. The molecule has 0 radical (unpaired) electrons. The Labute approximate surface area is 115 Å². The van der Waals surface area contributed by atoms with Gasteiger partial charge in [-0.25, -0.2) is 0 Å². The third-order valence-electron chi connectivity index (χ3n) is 4.40. The lowest BCUT2D eigenvalue weighted by atomic mass is 10.1. The number of ether oxygens (including phenoxy) is 1. The predicted molar refractivity (Wildman–Crippen MR) is 75.5 cm³/mol. The summed E-state index contributed by atoms with van der Waals surface area (Å²) in [5.74, 6) is 0.934. The highest BCUT2D eigenvalue weighted by Gasteiger charge is 2.17. The van der Waals surface area contributed by atoms with Crippen LogP contribution in [0, 0.1) is 0 Å². The van der Waals surface area contributed by atoms with Crippen LogP contribution in [0.3, 0.4) is 0 Å². The summed E-state index contributed by atoms with van der Waals surface area (Å²) in [7, 11) is 0. The molecule has 2 heterocycles. The SMILES string of the molecule is c1nn(C2CCCC2)cc1OCCN1CCCCC1. The summed E-state index contributed by atoms with van der Waals surface area (Å²) in [6.07, 6.45) is 13.3. The van der Waals surface area contributed by atoms with Crippen molar-refractivity contribution in [2.45, 2.75) is 51.0 Å². The molecule has 0 atom stereocenters. The Hall–Kier alpha value is -1.03. The van der Waals surface area contributed by atoms with Gasteiger partial charge in [-0.05, 0) is 38.8 Å². The Kier molecular flexibility index (Phi) is 4.38. The van der Waals surface area contributed by atoms with Crippen LogP contribution in [0.15, 0.2) is 12.4 Å². The maximum atomic E-state index is 5.82. The first kappa shape index (κ1) is 13.0. The lowest BCUT2D eigenvalue weighted by Crippen LogP contribution is -2.33. The van der Waals surface area contributed by atoms with Crippen molar-refractivity contribution in [2.24, 2.45) is 0 Å². The molecule has 0 unspecified atom stereocenters. The molecule has 1 saturated carbocycles. The molecule has 1 aromatic rings. The normalized spacial score (nSPS) is 21.9. The van der Waals surface area contributed by atoms with Gasteiger partial charge < -0.3 is 4.74 Å². The number of nitrogens with zero attached hydrogens (tertiary/aromatic N) is 3. The highest BCUT2D eigenvalue weighted by Crippen LogP contribution is 2.29. The maximum absolute atomic E-state index is 5.82. The molecule has 1 aliphatic carbocycles. The second-order valence-electron chi connectivity index (χ2n) is 5.85. The van der Waals surface area contributed by atoms with Crippen molar-refractivity contribution < 1.29 is 4.74 Å². The highest BCUT2D eigenvalue weighted by atomic mass is 16.5. The molecule has 0 bridgehead atoms. The molecule has 19 heavy (non-hydrogen) atoms. The monoisotopic (exact) mass is 263 g/mol. The largest absolute Gasteiger partial charge is 0.489 e. The molecule has 2 aliphatic rings. The van der Waals surface area contributed by atoms with Gasteiger partial charge in [-0.1, -0.05) is 19.3 Å². The minimum absolute atomic E-state index is 0.611. The van der Waals surface area contributed by atoms with E-state index in [0.717, 1.165) is 18.9 Å². The van der Waals surface area contributed by atoms with Gasteiger partial charge in [-0.3, -0.25) is 9.58 Å². The van der Waals surface area contributed by atoms with Crippen LogP contribution in [0.4, 0.5) is 0 Å². The maximum Gasteiger partial charge on any atom is 0.157 e. The predicted octanol–water partition coefficient (Wildman–Crippen LogP) is 2.86. The first-order valence-corrected chi connectivity index (χ1v) is 7.81. The standard InChI is InChI=1S/C15H25N3O/c1-4-8-17(9-5-1)10-11-19-15-12-16-18(13-15)14-6-2-3-7-14/h12-14H,1-11H2. The van der Waals surface area contributed by atoms with E-state index >= 15 is 0 Å². The molecule has 2 fully saturated rings. The van der Waals surface area contributed by atoms with Crippen molar-refractivity contribution in [1.29, 1.82) is 0 Å². The van der Waals surface area contributed by atoms with Gasteiger partial charge in [0.15, 0.2) is 5.75 Å². The van der Waals surface area contributed by atoms with Crippen molar-refractivity contribution in [3.05, 3.63) is 12.4 Å². The molecule has 1 aromatic heterocycles. The second kappa shape index (κ2) is 6.42. The molecular formula is C15H25N3O. The minimum Gasteiger partial charge on any atom is -0.489 e. The summed E-state index contributed by atoms with van der Waals surface area (Å²) in [6.45, 7) is 4.32. The number of piperidine rings is 1. The van der Waals surface area contributed by atoms with E-state index < -0.39 is 0 Å². The van der Waals surface area contributed by atoms with Crippen LogP contribution in [0.1, 0.15) is 51.0 Å². The van der Waals surface area contributed by atoms with E-state index in [2.05, 4.69) is 20.9 Å². The summed E-state index contributed by atoms with van der Waals surface area (Å²) in [4.78, 5) is 2.50. The highest BCUT2D eigenvalue weighted by molar-refractivity contribution is 5.12. The van der Waals surface area contributed by atoms with Crippen molar-refractivity contribution in [3.63, 3.8) is 0 Å². The average molecular weight is 263 g/mol. The Morgan fingerprint density at radius 1 is 1.11 bits per heavy atom. The average Bonchev–Trinajstić information content (AvgIpc) is 3.10. The van der Waals surface area contributed by atoms with Crippen LogP contribution < -0.4 is 4.74 Å². The van der Waals surface area contributed by atoms with Gasteiger partial charge in [0.25, 0.3) is 0 Å². The molecule has 0 N–H and O–H groups in total. The van der Waals surface area contributed by atoms with E-state index in [9.17, 15) is 0 Å². The Morgan fingerprint density at radius 3 is 2.68 bits per heavy atom. The van der Waals surface area contributed by atoms with Crippen LogP contribution in [0.25, 0.3) is 0 Å². The molecule has 1 aliphatic heterocycles. The zero-order valence-corrected chi connectivity index (χ0v) is 11.8. The molecule has 4 heteroatoms. The molecular weight excluding hydrogens is 238 g/mol.